The number of amides is 1. The molecule has 1 amide bonds. The minimum Gasteiger partial charge on any atom is -0.382 e. The molecule has 172 valence electrons. The van der Waals surface area contributed by atoms with Crippen LogP contribution in [0.1, 0.15) is 34.8 Å². The zero-order valence-corrected chi connectivity index (χ0v) is 18.8. The summed E-state index contributed by atoms with van der Waals surface area (Å²) in [4.78, 5) is 35.1. The molecule has 0 aliphatic carbocycles. The number of pyridine rings is 2. The smallest absolute Gasteiger partial charge is 0.278 e. The molecule has 0 aliphatic heterocycles. The Labute approximate surface area is 194 Å². The lowest BCUT2D eigenvalue weighted by Gasteiger charge is -2.14. The quantitative estimate of drug-likeness (QED) is 0.326. The summed E-state index contributed by atoms with van der Waals surface area (Å²) < 4.78 is 21.8. The summed E-state index contributed by atoms with van der Waals surface area (Å²) in [6, 6.07) is 12.1. The van der Waals surface area contributed by atoms with Gasteiger partial charge in [-0.1, -0.05) is 6.07 Å². The monoisotopic (exact) mass is 459 g/mol. The van der Waals surface area contributed by atoms with Crippen LogP contribution in [0.15, 0.2) is 58.4 Å². The summed E-state index contributed by atoms with van der Waals surface area (Å²) in [5.41, 5.74) is 1.59. The summed E-state index contributed by atoms with van der Waals surface area (Å²) in [7, 11) is 0. The van der Waals surface area contributed by atoms with Gasteiger partial charge in [0.25, 0.3) is 11.5 Å². The highest BCUT2D eigenvalue weighted by Crippen LogP contribution is 2.13. The third-order valence-electron chi connectivity index (χ3n) is 5.40. The summed E-state index contributed by atoms with van der Waals surface area (Å²) in [5.74, 6) is -1.11. The van der Waals surface area contributed by atoms with Gasteiger partial charge in [0, 0.05) is 31.5 Å². The number of rotatable bonds is 6. The fraction of sp³-hybridized carbons (Fsp3) is 0.240. The lowest BCUT2D eigenvalue weighted by Crippen LogP contribution is -2.30. The number of nitrogens with zero attached hydrogens (tertiary/aromatic N) is 5. The van der Waals surface area contributed by atoms with Crippen molar-refractivity contribution in [2.24, 2.45) is 4.99 Å². The molecule has 1 aromatic carbocycles. The lowest BCUT2D eigenvalue weighted by molar-refractivity contribution is 0.0997. The molecule has 4 aromatic rings. The van der Waals surface area contributed by atoms with E-state index in [1.165, 1.54) is 34.7 Å². The molecule has 0 unspecified atom stereocenters. The maximum atomic E-state index is 13.3. The van der Waals surface area contributed by atoms with Gasteiger partial charge < -0.3 is 9.30 Å². The van der Waals surface area contributed by atoms with Gasteiger partial charge >= 0.3 is 0 Å². The molecule has 8 nitrogen and oxygen atoms in total. The Morgan fingerprint density at radius 1 is 1.24 bits per heavy atom. The van der Waals surface area contributed by atoms with Gasteiger partial charge in [0.05, 0.1) is 10.9 Å². The van der Waals surface area contributed by atoms with E-state index in [9.17, 15) is 19.2 Å². The molecule has 0 saturated carbocycles. The molecule has 4 rings (SSSR count). The van der Waals surface area contributed by atoms with Gasteiger partial charge in [-0.25, -0.2) is 9.37 Å². The van der Waals surface area contributed by atoms with Crippen LogP contribution < -0.4 is 11.0 Å². The molecule has 0 saturated heterocycles. The first-order chi connectivity index (χ1) is 16.4. The first-order valence-electron chi connectivity index (χ1n) is 10.8. The van der Waals surface area contributed by atoms with E-state index >= 15 is 0 Å². The largest absolute Gasteiger partial charge is 0.382 e. The zero-order valence-electron chi connectivity index (χ0n) is 18.8. The van der Waals surface area contributed by atoms with Crippen LogP contribution in [0.25, 0.3) is 16.7 Å². The van der Waals surface area contributed by atoms with Crippen molar-refractivity contribution < 1.29 is 13.9 Å². The van der Waals surface area contributed by atoms with Crippen LogP contribution in [0.3, 0.4) is 0 Å². The summed E-state index contributed by atoms with van der Waals surface area (Å²) in [6.45, 7) is 5.04. The average Bonchev–Trinajstić information content (AvgIpc) is 2.83. The van der Waals surface area contributed by atoms with Gasteiger partial charge in [-0.05, 0) is 62.2 Å². The second kappa shape index (κ2) is 9.77. The van der Waals surface area contributed by atoms with Crippen LogP contribution in [0.2, 0.25) is 0 Å². The molecular weight excluding hydrogens is 437 g/mol. The Morgan fingerprint density at radius 2 is 2.00 bits per heavy atom. The highest BCUT2D eigenvalue weighted by Gasteiger charge is 2.16. The van der Waals surface area contributed by atoms with Crippen molar-refractivity contribution in [1.29, 1.82) is 5.26 Å². The summed E-state index contributed by atoms with van der Waals surface area (Å²) in [6.07, 6.45) is 2.17. The molecule has 0 N–H and O–H groups in total. The van der Waals surface area contributed by atoms with E-state index < -0.39 is 11.7 Å². The van der Waals surface area contributed by atoms with E-state index in [2.05, 4.69) is 4.99 Å². The van der Waals surface area contributed by atoms with Crippen molar-refractivity contribution in [3.8, 4) is 6.07 Å². The molecule has 0 radical (unpaired) electrons. The van der Waals surface area contributed by atoms with Gasteiger partial charge in [-0.2, -0.15) is 10.3 Å². The van der Waals surface area contributed by atoms with Crippen molar-refractivity contribution in [2.45, 2.75) is 26.8 Å². The Balaban J connectivity index is 2.03. The van der Waals surface area contributed by atoms with Crippen molar-refractivity contribution in [2.75, 3.05) is 13.2 Å². The minimum absolute atomic E-state index is 0.0610. The van der Waals surface area contributed by atoms with Gasteiger partial charge in [-0.15, -0.1) is 0 Å². The summed E-state index contributed by atoms with van der Waals surface area (Å²) >= 11 is 0. The molecule has 0 atom stereocenters. The third kappa shape index (κ3) is 4.36. The minimum atomic E-state index is -0.636. The zero-order chi connectivity index (χ0) is 24.2. The normalized spacial score (nSPS) is 11.8. The van der Waals surface area contributed by atoms with Crippen LogP contribution in [-0.4, -0.2) is 33.1 Å². The van der Waals surface area contributed by atoms with Gasteiger partial charge in [0.1, 0.15) is 23.2 Å². The predicted octanol–water partition coefficient (Wildman–Crippen LogP) is 3.14. The van der Waals surface area contributed by atoms with E-state index in [1.807, 2.05) is 26.0 Å². The number of hydrogen-bond donors (Lipinski definition) is 0. The van der Waals surface area contributed by atoms with E-state index in [0.717, 1.165) is 5.56 Å². The first kappa shape index (κ1) is 23.0. The van der Waals surface area contributed by atoms with Crippen LogP contribution in [0.5, 0.6) is 0 Å². The van der Waals surface area contributed by atoms with Gasteiger partial charge in [0.15, 0.2) is 5.49 Å². The van der Waals surface area contributed by atoms with E-state index in [1.54, 1.807) is 16.8 Å². The predicted molar refractivity (Wildman–Crippen MR) is 124 cm³/mol. The van der Waals surface area contributed by atoms with E-state index in [4.69, 9.17) is 9.72 Å². The van der Waals surface area contributed by atoms with Crippen molar-refractivity contribution in [3.63, 3.8) is 0 Å². The number of hydrogen-bond acceptors (Lipinski definition) is 5. The number of carbonyl (C=O) groups is 1. The van der Waals surface area contributed by atoms with Crippen LogP contribution in [0, 0.1) is 24.1 Å². The Kier molecular flexibility index (Phi) is 6.61. The van der Waals surface area contributed by atoms with Gasteiger partial charge in [-0.3, -0.25) is 14.0 Å². The number of benzene rings is 1. The summed E-state index contributed by atoms with van der Waals surface area (Å²) in [5, 5.41) is 10.1. The fourth-order valence-corrected chi connectivity index (χ4v) is 3.72. The molecule has 9 heteroatoms. The Morgan fingerprint density at radius 3 is 2.71 bits per heavy atom. The molecule has 0 bridgehead atoms. The number of fused-ring (bicyclic) bond motifs is 2. The number of aryl methyl sites for hydroxylation is 2. The van der Waals surface area contributed by atoms with Crippen LogP contribution in [-0.2, 0) is 11.3 Å². The first-order valence-corrected chi connectivity index (χ1v) is 10.8. The van der Waals surface area contributed by atoms with E-state index in [0.29, 0.717) is 37.5 Å². The van der Waals surface area contributed by atoms with Crippen molar-refractivity contribution >= 4 is 22.6 Å². The van der Waals surface area contributed by atoms with E-state index in [-0.39, 0.29) is 27.6 Å². The van der Waals surface area contributed by atoms with Crippen LogP contribution >= 0.6 is 0 Å². The molecule has 3 aromatic heterocycles. The van der Waals surface area contributed by atoms with Crippen molar-refractivity contribution in [3.05, 3.63) is 87.0 Å². The van der Waals surface area contributed by atoms with Crippen LogP contribution in [0.4, 0.5) is 4.39 Å². The number of carbonyl (C=O) groups excluding carboxylic acids is 1. The average molecular weight is 459 g/mol. The van der Waals surface area contributed by atoms with Gasteiger partial charge in [0.2, 0.25) is 0 Å². The molecule has 34 heavy (non-hydrogen) atoms. The maximum Gasteiger partial charge on any atom is 0.278 e. The second-order valence-corrected chi connectivity index (χ2v) is 7.66. The highest BCUT2D eigenvalue weighted by molar-refractivity contribution is 5.95. The number of aromatic nitrogens is 3. The molecule has 0 fully saturated rings. The number of halogens is 1. The number of ether oxygens (including phenoxy) is 1. The topological polar surface area (TPSA) is 102 Å². The highest BCUT2D eigenvalue weighted by atomic mass is 19.1. The second-order valence-electron chi connectivity index (χ2n) is 7.66. The standard InChI is InChI=1S/C25H22FN5O3/c1-3-34-13-5-12-30-22(29-24(32)17-7-9-19(26)10-8-17)18(15-27)14-20-23(30)28-21-16(2)6-4-11-31(21)25(20)33/h4,6-11,14H,3,5,12-13H2,1-2H3. The SMILES string of the molecule is CCOCCCn1c(=NC(=O)c2ccc(F)cc2)c(C#N)cc2c(=O)n3cccc(C)c3nc21. The fourth-order valence-electron chi connectivity index (χ4n) is 3.72. The Hall–Kier alpha value is -4.16. The molecule has 3 heterocycles. The third-order valence-corrected chi connectivity index (χ3v) is 5.40. The number of nitriles is 1. The maximum absolute atomic E-state index is 13.3. The molecular formula is C25H22FN5O3. The molecule has 0 spiro atoms. The van der Waals surface area contributed by atoms with Crippen molar-refractivity contribution in [1.82, 2.24) is 14.0 Å². The lowest BCUT2D eigenvalue weighted by atomic mass is 10.2. The Bertz CT molecular complexity index is 1560. The molecule has 0 aliphatic rings.